The van der Waals surface area contributed by atoms with Crippen molar-refractivity contribution >= 4 is 60.8 Å². The second-order valence-corrected chi connectivity index (χ2v) is 16.1. The minimum atomic E-state index is 0.893. The molecule has 0 N–H and O–H groups in total. The summed E-state index contributed by atoms with van der Waals surface area (Å²) in [5, 5.41) is 4.70. The highest BCUT2D eigenvalue weighted by Crippen LogP contribution is 2.42. The van der Waals surface area contributed by atoms with Gasteiger partial charge in [-0.25, -0.2) is 0 Å². The molecule has 0 amide bonds. The molecule has 10 aromatic carbocycles. The van der Waals surface area contributed by atoms with E-state index in [1.165, 1.54) is 21.8 Å². The number of furan rings is 1. The SMILES string of the molecule is c1ccc(N(c2ccccc2)c2cccc(-c3cccc(-c4cc(-c5ccc6c(c5)c5ccccc5n6-c5ccccc5)cc(-c5cccc6c5oc5ccccc56)c4)c3)c2)cc1. The molecular weight excluding hydrogens is 765 g/mol. The van der Waals surface area contributed by atoms with Crippen molar-refractivity contribution in [3.8, 4) is 50.2 Å². The Kier molecular flexibility index (Phi) is 8.83. The molecule has 3 heteroatoms. The molecule has 0 bridgehead atoms. The van der Waals surface area contributed by atoms with Crippen LogP contribution in [0.25, 0.3) is 93.9 Å². The molecule has 0 fully saturated rings. The van der Waals surface area contributed by atoms with Crippen LogP contribution < -0.4 is 4.90 Å². The summed E-state index contributed by atoms with van der Waals surface area (Å²) in [6.07, 6.45) is 0. The molecule has 0 aliphatic rings. The van der Waals surface area contributed by atoms with E-state index < -0.39 is 0 Å². The Morgan fingerprint density at radius 3 is 1.56 bits per heavy atom. The number of aromatic nitrogens is 1. The predicted molar refractivity (Wildman–Crippen MR) is 264 cm³/mol. The van der Waals surface area contributed by atoms with E-state index in [0.29, 0.717) is 0 Å². The van der Waals surface area contributed by atoms with Crippen LogP contribution >= 0.6 is 0 Å². The first-order valence-corrected chi connectivity index (χ1v) is 21.5. The first-order valence-electron chi connectivity index (χ1n) is 21.5. The standard InChI is InChI=1S/C60H40N2O/c1-4-20-48(21-5-1)61(49-22-6-2-7-23-49)51-26-15-19-43(39-51)41-17-14-18-42(35-41)45-36-46(38-47(37-45)52-29-16-30-55-54-28-11-13-32-59(54)63-60(52)55)44-33-34-58-56(40-44)53-27-10-12-31-57(53)62(58)50-24-8-3-9-25-50/h1-40H. The van der Waals surface area contributed by atoms with Gasteiger partial charge < -0.3 is 13.9 Å². The first-order chi connectivity index (χ1) is 31.2. The third-order valence-corrected chi connectivity index (χ3v) is 12.3. The van der Waals surface area contributed by atoms with Gasteiger partial charge in [-0.2, -0.15) is 0 Å². The molecule has 0 spiro atoms. The predicted octanol–water partition coefficient (Wildman–Crippen LogP) is 16.8. The molecule has 12 rings (SSSR count). The van der Waals surface area contributed by atoms with Gasteiger partial charge in [0.1, 0.15) is 11.2 Å². The van der Waals surface area contributed by atoms with Crippen LogP contribution in [0.5, 0.6) is 0 Å². The number of para-hydroxylation sites is 6. The Morgan fingerprint density at radius 1 is 0.302 bits per heavy atom. The molecule has 0 saturated carbocycles. The Labute approximate surface area is 366 Å². The average Bonchev–Trinajstić information content (AvgIpc) is 3.91. The molecule has 2 heterocycles. The van der Waals surface area contributed by atoms with Crippen molar-refractivity contribution in [1.82, 2.24) is 4.57 Å². The molecule has 12 aromatic rings. The topological polar surface area (TPSA) is 21.3 Å². The van der Waals surface area contributed by atoms with Gasteiger partial charge in [0, 0.05) is 49.9 Å². The van der Waals surface area contributed by atoms with Crippen LogP contribution in [-0.2, 0) is 0 Å². The van der Waals surface area contributed by atoms with Crippen LogP contribution in [0.1, 0.15) is 0 Å². The van der Waals surface area contributed by atoms with Crippen LogP contribution in [0.3, 0.4) is 0 Å². The number of hydrogen-bond donors (Lipinski definition) is 0. The maximum Gasteiger partial charge on any atom is 0.143 e. The number of fused-ring (bicyclic) bond motifs is 6. The van der Waals surface area contributed by atoms with Crippen LogP contribution in [0.4, 0.5) is 17.1 Å². The summed E-state index contributed by atoms with van der Waals surface area (Å²) in [6.45, 7) is 0. The fourth-order valence-corrected chi connectivity index (χ4v) is 9.40. The van der Waals surface area contributed by atoms with Gasteiger partial charge in [0.25, 0.3) is 0 Å². The smallest absolute Gasteiger partial charge is 0.143 e. The molecule has 2 aromatic heterocycles. The first kappa shape index (κ1) is 36.5. The van der Waals surface area contributed by atoms with E-state index in [1.807, 2.05) is 6.07 Å². The lowest BCUT2D eigenvalue weighted by Crippen LogP contribution is -2.09. The molecule has 0 saturated heterocycles. The molecule has 3 nitrogen and oxygen atoms in total. The zero-order chi connectivity index (χ0) is 41.7. The molecule has 0 radical (unpaired) electrons. The number of benzene rings is 10. The molecule has 0 atom stereocenters. The maximum atomic E-state index is 6.64. The number of anilines is 3. The average molecular weight is 805 g/mol. The van der Waals surface area contributed by atoms with Crippen molar-refractivity contribution in [2.45, 2.75) is 0 Å². The Balaban J connectivity index is 1.02. The Hall–Kier alpha value is -8.40. The summed E-state index contributed by atoms with van der Waals surface area (Å²) in [5.41, 5.74) is 17.7. The quantitative estimate of drug-likeness (QED) is 0.153. The minimum Gasteiger partial charge on any atom is -0.455 e. The zero-order valence-corrected chi connectivity index (χ0v) is 34.4. The van der Waals surface area contributed by atoms with E-state index in [0.717, 1.165) is 89.2 Å². The monoisotopic (exact) mass is 804 g/mol. The van der Waals surface area contributed by atoms with E-state index in [9.17, 15) is 0 Å². The largest absolute Gasteiger partial charge is 0.455 e. The summed E-state index contributed by atoms with van der Waals surface area (Å²) < 4.78 is 9.02. The van der Waals surface area contributed by atoms with Crippen molar-refractivity contribution in [3.05, 3.63) is 243 Å². The number of rotatable bonds is 8. The number of nitrogens with zero attached hydrogens (tertiary/aromatic N) is 2. The van der Waals surface area contributed by atoms with Crippen molar-refractivity contribution in [3.63, 3.8) is 0 Å². The lowest BCUT2D eigenvalue weighted by atomic mass is 9.91. The van der Waals surface area contributed by atoms with E-state index in [-0.39, 0.29) is 0 Å². The highest BCUT2D eigenvalue weighted by molar-refractivity contribution is 6.12. The molecule has 0 aliphatic heterocycles. The molecular formula is C60H40N2O. The van der Waals surface area contributed by atoms with Crippen molar-refractivity contribution < 1.29 is 4.42 Å². The van der Waals surface area contributed by atoms with E-state index >= 15 is 0 Å². The van der Waals surface area contributed by atoms with Gasteiger partial charge in [0.2, 0.25) is 0 Å². The minimum absolute atomic E-state index is 0.893. The fraction of sp³-hybridized carbons (Fsp3) is 0. The van der Waals surface area contributed by atoms with E-state index in [2.05, 4.69) is 246 Å². The molecule has 296 valence electrons. The molecule has 63 heavy (non-hydrogen) atoms. The van der Waals surface area contributed by atoms with Gasteiger partial charge in [-0.05, 0) is 136 Å². The van der Waals surface area contributed by atoms with E-state index in [4.69, 9.17) is 4.42 Å². The highest BCUT2D eigenvalue weighted by Gasteiger charge is 2.18. The van der Waals surface area contributed by atoms with E-state index in [1.54, 1.807) is 0 Å². The van der Waals surface area contributed by atoms with Gasteiger partial charge in [-0.3, -0.25) is 0 Å². The zero-order valence-electron chi connectivity index (χ0n) is 34.4. The Bertz CT molecular complexity index is 3580. The second kappa shape index (κ2) is 15.3. The third-order valence-electron chi connectivity index (χ3n) is 12.3. The lowest BCUT2D eigenvalue weighted by molar-refractivity contribution is 0.670. The summed E-state index contributed by atoms with van der Waals surface area (Å²) in [6, 6.07) is 87.1. The molecule has 0 unspecified atom stereocenters. The van der Waals surface area contributed by atoms with Gasteiger partial charge >= 0.3 is 0 Å². The Morgan fingerprint density at radius 2 is 0.810 bits per heavy atom. The fourth-order valence-electron chi connectivity index (χ4n) is 9.40. The van der Waals surface area contributed by atoms with Crippen LogP contribution in [0.15, 0.2) is 247 Å². The molecule has 0 aliphatic carbocycles. The van der Waals surface area contributed by atoms with Crippen molar-refractivity contribution in [2.75, 3.05) is 4.90 Å². The van der Waals surface area contributed by atoms with Crippen LogP contribution in [0.2, 0.25) is 0 Å². The van der Waals surface area contributed by atoms with Gasteiger partial charge in [-0.1, -0.05) is 146 Å². The highest BCUT2D eigenvalue weighted by atomic mass is 16.3. The maximum absolute atomic E-state index is 6.64. The third kappa shape index (κ3) is 6.46. The van der Waals surface area contributed by atoms with Crippen LogP contribution in [-0.4, -0.2) is 4.57 Å². The van der Waals surface area contributed by atoms with Gasteiger partial charge in [0.15, 0.2) is 0 Å². The summed E-state index contributed by atoms with van der Waals surface area (Å²) in [5.74, 6) is 0. The van der Waals surface area contributed by atoms with Crippen molar-refractivity contribution in [2.24, 2.45) is 0 Å². The van der Waals surface area contributed by atoms with Gasteiger partial charge in [0.05, 0.1) is 11.0 Å². The summed E-state index contributed by atoms with van der Waals surface area (Å²) in [4.78, 5) is 2.32. The summed E-state index contributed by atoms with van der Waals surface area (Å²) in [7, 11) is 0. The number of hydrogen-bond acceptors (Lipinski definition) is 2. The lowest BCUT2D eigenvalue weighted by Gasteiger charge is -2.26. The summed E-state index contributed by atoms with van der Waals surface area (Å²) >= 11 is 0. The van der Waals surface area contributed by atoms with Gasteiger partial charge in [-0.15, -0.1) is 0 Å². The van der Waals surface area contributed by atoms with Crippen LogP contribution in [0, 0.1) is 0 Å². The normalized spacial score (nSPS) is 11.5. The second-order valence-electron chi connectivity index (χ2n) is 16.1. The van der Waals surface area contributed by atoms with Crippen molar-refractivity contribution in [1.29, 1.82) is 0 Å².